The molecule has 1 aliphatic heterocycles. The molecule has 0 saturated carbocycles. The Bertz CT molecular complexity index is 610. The molecular formula is C13H16F3N3O3S. The summed E-state index contributed by atoms with van der Waals surface area (Å²) in [5, 5.41) is 0.842. The number of thiazole rings is 1. The summed E-state index contributed by atoms with van der Waals surface area (Å²) >= 11 is 0.746. The number of amides is 2. The van der Waals surface area contributed by atoms with E-state index in [0.29, 0.717) is 0 Å². The van der Waals surface area contributed by atoms with E-state index in [1.165, 1.54) is 4.90 Å². The van der Waals surface area contributed by atoms with Gasteiger partial charge >= 0.3 is 12.3 Å². The van der Waals surface area contributed by atoms with Gasteiger partial charge in [0.05, 0.1) is 0 Å². The first kappa shape index (κ1) is 17.5. The molecule has 6 nitrogen and oxygen atoms in total. The largest absolute Gasteiger partial charge is 0.444 e. The van der Waals surface area contributed by atoms with Crippen LogP contribution in [0.3, 0.4) is 0 Å². The van der Waals surface area contributed by atoms with Crippen LogP contribution in [-0.4, -0.2) is 47.1 Å². The molecule has 0 spiro atoms. The number of nitrogens with zero attached hydrogens (tertiary/aromatic N) is 3. The van der Waals surface area contributed by atoms with E-state index in [9.17, 15) is 22.8 Å². The van der Waals surface area contributed by atoms with Crippen LogP contribution in [-0.2, 0) is 15.7 Å². The van der Waals surface area contributed by atoms with Gasteiger partial charge in [0.1, 0.15) is 12.1 Å². The van der Waals surface area contributed by atoms with Gasteiger partial charge in [0.15, 0.2) is 10.8 Å². The molecule has 10 heteroatoms. The van der Waals surface area contributed by atoms with E-state index in [0.717, 1.165) is 21.6 Å². The van der Waals surface area contributed by atoms with Crippen molar-refractivity contribution >= 4 is 28.5 Å². The topological polar surface area (TPSA) is 62.7 Å². The lowest BCUT2D eigenvalue weighted by Crippen LogP contribution is -2.53. The molecule has 1 saturated heterocycles. The van der Waals surface area contributed by atoms with Crippen molar-refractivity contribution in [2.75, 3.05) is 24.5 Å². The van der Waals surface area contributed by atoms with Gasteiger partial charge in [-0.05, 0) is 20.8 Å². The summed E-state index contributed by atoms with van der Waals surface area (Å²) in [6.45, 7) is 5.10. The number of aromatic nitrogens is 1. The van der Waals surface area contributed by atoms with Crippen LogP contribution in [0, 0.1) is 0 Å². The van der Waals surface area contributed by atoms with Gasteiger partial charge < -0.3 is 4.74 Å². The third-order valence-corrected chi connectivity index (χ3v) is 3.75. The molecule has 23 heavy (non-hydrogen) atoms. The molecule has 2 amide bonds. The number of hydrogen-bond acceptors (Lipinski definition) is 5. The first-order chi connectivity index (χ1) is 10.5. The minimum atomic E-state index is -4.55. The fourth-order valence-corrected chi connectivity index (χ4v) is 2.75. The van der Waals surface area contributed by atoms with Crippen LogP contribution >= 0.6 is 11.3 Å². The maximum atomic E-state index is 12.6. The Morgan fingerprint density at radius 3 is 2.43 bits per heavy atom. The van der Waals surface area contributed by atoms with Crippen molar-refractivity contribution in [3.05, 3.63) is 11.1 Å². The minimum Gasteiger partial charge on any atom is -0.444 e. The molecule has 1 aromatic heterocycles. The molecule has 0 unspecified atom stereocenters. The zero-order valence-corrected chi connectivity index (χ0v) is 13.6. The lowest BCUT2D eigenvalue weighted by atomic mass is 10.2. The number of rotatable bonds is 1. The van der Waals surface area contributed by atoms with Crippen LogP contribution in [0.5, 0.6) is 0 Å². The third-order valence-electron chi connectivity index (χ3n) is 2.89. The number of anilines is 1. The van der Waals surface area contributed by atoms with Crippen molar-refractivity contribution in [2.24, 2.45) is 0 Å². The van der Waals surface area contributed by atoms with E-state index in [-0.39, 0.29) is 24.8 Å². The highest BCUT2D eigenvalue weighted by molar-refractivity contribution is 7.14. The number of hydrogen-bond donors (Lipinski definition) is 0. The van der Waals surface area contributed by atoms with E-state index in [2.05, 4.69) is 4.98 Å². The molecule has 0 N–H and O–H groups in total. The smallest absolute Gasteiger partial charge is 0.434 e. The average molecular weight is 351 g/mol. The maximum absolute atomic E-state index is 12.6. The second kappa shape index (κ2) is 5.99. The molecule has 128 valence electrons. The fourth-order valence-electron chi connectivity index (χ4n) is 1.88. The number of piperazine rings is 1. The van der Waals surface area contributed by atoms with Gasteiger partial charge in [-0.3, -0.25) is 14.6 Å². The molecule has 0 atom stereocenters. The highest BCUT2D eigenvalue weighted by atomic mass is 32.1. The summed E-state index contributed by atoms with van der Waals surface area (Å²) in [6, 6.07) is 0. The maximum Gasteiger partial charge on any atom is 0.434 e. The SMILES string of the molecule is CC(C)(C)OC(=O)N1CCN(c2nc(C(F)(F)F)cs2)C(=O)C1. The summed E-state index contributed by atoms with van der Waals surface area (Å²) in [5.74, 6) is -0.495. The third kappa shape index (κ3) is 4.34. The molecule has 0 aliphatic carbocycles. The van der Waals surface area contributed by atoms with Crippen molar-refractivity contribution in [3.8, 4) is 0 Å². The lowest BCUT2D eigenvalue weighted by molar-refractivity contribution is -0.140. The quantitative estimate of drug-likeness (QED) is 0.780. The van der Waals surface area contributed by atoms with Gasteiger partial charge in [-0.15, -0.1) is 11.3 Å². The number of carbonyl (C=O) groups excluding carboxylic acids is 2. The summed E-state index contributed by atoms with van der Waals surface area (Å²) in [7, 11) is 0. The second-order valence-corrected chi connectivity index (χ2v) is 6.80. The summed E-state index contributed by atoms with van der Waals surface area (Å²) in [6.07, 6.45) is -5.17. The zero-order chi connectivity index (χ0) is 17.4. The molecule has 0 aromatic carbocycles. The van der Waals surface area contributed by atoms with Crippen molar-refractivity contribution in [1.82, 2.24) is 9.88 Å². The van der Waals surface area contributed by atoms with E-state index in [1.54, 1.807) is 20.8 Å². The summed E-state index contributed by atoms with van der Waals surface area (Å²) < 4.78 is 42.9. The van der Waals surface area contributed by atoms with Crippen molar-refractivity contribution in [1.29, 1.82) is 0 Å². The predicted molar refractivity (Wildman–Crippen MR) is 77.3 cm³/mol. The average Bonchev–Trinajstić information content (AvgIpc) is 2.85. The van der Waals surface area contributed by atoms with Gasteiger partial charge in [-0.25, -0.2) is 9.78 Å². The summed E-state index contributed by atoms with van der Waals surface area (Å²) in [4.78, 5) is 29.8. The van der Waals surface area contributed by atoms with Crippen molar-refractivity contribution in [3.63, 3.8) is 0 Å². The monoisotopic (exact) mass is 351 g/mol. The van der Waals surface area contributed by atoms with Crippen LogP contribution in [0.4, 0.5) is 23.1 Å². The highest BCUT2D eigenvalue weighted by Gasteiger charge is 2.36. The Kier molecular flexibility index (Phi) is 4.56. The summed E-state index contributed by atoms with van der Waals surface area (Å²) in [5.41, 5.74) is -1.71. The normalized spacial score (nSPS) is 16.7. The highest BCUT2D eigenvalue weighted by Crippen LogP contribution is 2.33. The molecule has 2 heterocycles. The van der Waals surface area contributed by atoms with Gasteiger partial charge in [-0.2, -0.15) is 13.2 Å². The van der Waals surface area contributed by atoms with E-state index in [1.807, 2.05) is 0 Å². The van der Waals surface area contributed by atoms with Crippen LogP contribution in [0.1, 0.15) is 26.5 Å². The Morgan fingerprint density at radius 2 is 1.96 bits per heavy atom. The van der Waals surface area contributed by atoms with Gasteiger partial charge in [0, 0.05) is 18.5 Å². The first-order valence-corrected chi connectivity index (χ1v) is 7.66. The first-order valence-electron chi connectivity index (χ1n) is 6.78. The van der Waals surface area contributed by atoms with Gasteiger partial charge in [0.2, 0.25) is 5.91 Å². The molecule has 1 fully saturated rings. The van der Waals surface area contributed by atoms with Crippen LogP contribution in [0.25, 0.3) is 0 Å². The Morgan fingerprint density at radius 1 is 1.30 bits per heavy atom. The van der Waals surface area contributed by atoms with Gasteiger partial charge in [0.25, 0.3) is 0 Å². The molecule has 1 aromatic rings. The predicted octanol–water partition coefficient (Wildman–Crippen LogP) is 2.75. The van der Waals surface area contributed by atoms with Crippen LogP contribution < -0.4 is 4.90 Å². The zero-order valence-electron chi connectivity index (χ0n) is 12.8. The number of alkyl halides is 3. The number of carbonyl (C=O) groups is 2. The van der Waals surface area contributed by atoms with E-state index < -0.39 is 29.5 Å². The molecule has 2 rings (SSSR count). The standard InChI is InChI=1S/C13H16F3N3O3S/c1-12(2,3)22-11(21)18-4-5-19(9(20)6-18)10-17-8(7-23-10)13(14,15)16/h7H,4-6H2,1-3H3. The van der Waals surface area contributed by atoms with Crippen molar-refractivity contribution in [2.45, 2.75) is 32.5 Å². The fraction of sp³-hybridized carbons (Fsp3) is 0.615. The molecule has 0 radical (unpaired) electrons. The molecule has 1 aliphatic rings. The minimum absolute atomic E-state index is 0.0221. The molecule has 0 bridgehead atoms. The van der Waals surface area contributed by atoms with Crippen LogP contribution in [0.2, 0.25) is 0 Å². The van der Waals surface area contributed by atoms with E-state index >= 15 is 0 Å². The Hall–Kier alpha value is -1.84. The Balaban J connectivity index is 2.03. The second-order valence-electron chi connectivity index (χ2n) is 5.96. The molecular weight excluding hydrogens is 335 g/mol. The number of ether oxygens (including phenoxy) is 1. The van der Waals surface area contributed by atoms with Gasteiger partial charge in [-0.1, -0.05) is 0 Å². The van der Waals surface area contributed by atoms with Crippen LogP contribution in [0.15, 0.2) is 5.38 Å². The lowest BCUT2D eigenvalue weighted by Gasteiger charge is -2.34. The number of halogens is 3. The Labute approximate surface area is 134 Å². The van der Waals surface area contributed by atoms with Crippen molar-refractivity contribution < 1.29 is 27.5 Å². The van der Waals surface area contributed by atoms with E-state index in [4.69, 9.17) is 4.74 Å².